The lowest BCUT2D eigenvalue weighted by molar-refractivity contribution is -0.127. The van der Waals surface area contributed by atoms with E-state index in [1.54, 1.807) is 11.0 Å². The van der Waals surface area contributed by atoms with Crippen LogP contribution in [-0.4, -0.2) is 35.7 Å². The Morgan fingerprint density at radius 2 is 1.93 bits per heavy atom. The number of carbonyl (C=O) groups is 3. The van der Waals surface area contributed by atoms with Gasteiger partial charge in [0.1, 0.15) is 6.26 Å². The molecule has 148 valence electrons. The zero-order chi connectivity index (χ0) is 20.1. The smallest absolute Gasteiger partial charge is 0.257 e. The van der Waals surface area contributed by atoms with Crippen LogP contribution in [0.1, 0.15) is 48.7 Å². The van der Waals surface area contributed by atoms with E-state index in [1.807, 2.05) is 31.2 Å². The predicted molar refractivity (Wildman–Crippen MR) is 105 cm³/mol. The van der Waals surface area contributed by atoms with Crippen LogP contribution in [0.3, 0.4) is 0 Å². The Balaban J connectivity index is 1.53. The molecule has 0 spiro atoms. The van der Waals surface area contributed by atoms with Gasteiger partial charge in [0.05, 0.1) is 17.9 Å². The van der Waals surface area contributed by atoms with E-state index in [1.165, 1.54) is 19.5 Å². The van der Waals surface area contributed by atoms with E-state index < -0.39 is 0 Å². The fraction of sp³-hybridized carbons (Fsp3) is 0.381. The molecule has 1 aromatic heterocycles. The van der Waals surface area contributed by atoms with Crippen molar-refractivity contribution >= 4 is 23.4 Å². The second-order valence-corrected chi connectivity index (χ2v) is 7.12. The Hall–Kier alpha value is -3.09. The molecule has 0 radical (unpaired) electrons. The van der Waals surface area contributed by atoms with Crippen LogP contribution in [-0.2, 0) is 9.59 Å². The number of amides is 3. The third-order valence-corrected chi connectivity index (χ3v) is 4.99. The fourth-order valence-electron chi connectivity index (χ4n) is 3.42. The number of likely N-dealkylation sites (tertiary alicyclic amines) is 1. The number of hydrogen-bond donors (Lipinski definition) is 2. The number of nitrogens with zero attached hydrogens (tertiary/aromatic N) is 1. The highest BCUT2D eigenvalue weighted by Crippen LogP contribution is 2.22. The van der Waals surface area contributed by atoms with Crippen LogP contribution in [0.4, 0.5) is 5.69 Å². The molecular formula is C21H25N3O4. The minimum Gasteiger partial charge on any atom is -0.472 e. The average Bonchev–Trinajstić information content (AvgIpc) is 3.22. The van der Waals surface area contributed by atoms with Crippen LogP contribution in [0.2, 0.25) is 0 Å². The largest absolute Gasteiger partial charge is 0.472 e. The minimum atomic E-state index is -0.174. The first kappa shape index (κ1) is 19.7. The number of piperidine rings is 1. The molecule has 0 saturated carbocycles. The minimum absolute atomic E-state index is 0.00663. The van der Waals surface area contributed by atoms with Gasteiger partial charge in [0, 0.05) is 31.6 Å². The maximum atomic E-state index is 12.7. The second-order valence-electron chi connectivity index (χ2n) is 7.12. The number of rotatable bonds is 5. The summed E-state index contributed by atoms with van der Waals surface area (Å²) in [7, 11) is 0. The summed E-state index contributed by atoms with van der Waals surface area (Å²) < 4.78 is 4.97. The zero-order valence-electron chi connectivity index (χ0n) is 16.1. The molecule has 1 aliphatic heterocycles. The van der Waals surface area contributed by atoms with Crippen LogP contribution in [0, 0.1) is 5.92 Å². The monoisotopic (exact) mass is 383 g/mol. The number of hydrogen-bond acceptors (Lipinski definition) is 4. The Labute approximate surface area is 164 Å². The summed E-state index contributed by atoms with van der Waals surface area (Å²) in [5, 5.41) is 5.80. The Kier molecular flexibility index (Phi) is 6.13. The van der Waals surface area contributed by atoms with E-state index in [2.05, 4.69) is 10.6 Å². The molecule has 3 rings (SSSR count). The average molecular weight is 383 g/mol. The molecule has 0 bridgehead atoms. The maximum absolute atomic E-state index is 12.7. The highest BCUT2D eigenvalue weighted by molar-refractivity contribution is 5.94. The van der Waals surface area contributed by atoms with Crippen LogP contribution in [0.5, 0.6) is 0 Å². The summed E-state index contributed by atoms with van der Waals surface area (Å²) in [5.74, 6) is -0.316. The molecule has 2 heterocycles. The van der Waals surface area contributed by atoms with E-state index >= 15 is 0 Å². The molecule has 7 nitrogen and oxygen atoms in total. The van der Waals surface area contributed by atoms with Gasteiger partial charge in [-0.15, -0.1) is 0 Å². The number of anilines is 1. The van der Waals surface area contributed by atoms with E-state index in [0.717, 1.165) is 5.56 Å². The van der Waals surface area contributed by atoms with Crippen molar-refractivity contribution in [2.24, 2.45) is 5.92 Å². The maximum Gasteiger partial charge on any atom is 0.257 e. The lowest BCUT2D eigenvalue weighted by Crippen LogP contribution is -2.43. The van der Waals surface area contributed by atoms with Gasteiger partial charge in [-0.1, -0.05) is 12.1 Å². The summed E-state index contributed by atoms with van der Waals surface area (Å²) in [6, 6.07) is 8.92. The van der Waals surface area contributed by atoms with Crippen LogP contribution in [0.25, 0.3) is 0 Å². The summed E-state index contributed by atoms with van der Waals surface area (Å²) in [4.78, 5) is 38.0. The lowest BCUT2D eigenvalue weighted by atomic mass is 9.94. The molecule has 1 unspecified atom stereocenters. The topological polar surface area (TPSA) is 91.7 Å². The summed E-state index contributed by atoms with van der Waals surface area (Å²) in [6.45, 7) is 4.48. The van der Waals surface area contributed by atoms with Gasteiger partial charge in [-0.2, -0.15) is 0 Å². The van der Waals surface area contributed by atoms with Crippen molar-refractivity contribution in [1.82, 2.24) is 10.2 Å². The molecule has 2 aromatic rings. The number of carbonyl (C=O) groups excluding carboxylic acids is 3. The molecule has 3 amide bonds. The second kappa shape index (κ2) is 8.73. The first-order valence-corrected chi connectivity index (χ1v) is 9.43. The van der Waals surface area contributed by atoms with Gasteiger partial charge >= 0.3 is 0 Å². The van der Waals surface area contributed by atoms with Crippen molar-refractivity contribution in [3.05, 3.63) is 54.0 Å². The first-order valence-electron chi connectivity index (χ1n) is 9.43. The molecular weight excluding hydrogens is 358 g/mol. The normalized spacial score (nSPS) is 15.7. The third kappa shape index (κ3) is 4.79. The Morgan fingerprint density at radius 3 is 2.57 bits per heavy atom. The quantitative estimate of drug-likeness (QED) is 0.830. The highest BCUT2D eigenvalue weighted by Gasteiger charge is 2.28. The fourth-order valence-corrected chi connectivity index (χ4v) is 3.42. The molecule has 1 saturated heterocycles. The van der Waals surface area contributed by atoms with Crippen LogP contribution < -0.4 is 10.6 Å². The number of furan rings is 1. The van der Waals surface area contributed by atoms with Gasteiger partial charge in [-0.3, -0.25) is 14.4 Å². The van der Waals surface area contributed by atoms with E-state index in [4.69, 9.17) is 4.42 Å². The van der Waals surface area contributed by atoms with Crippen LogP contribution in [0.15, 0.2) is 47.3 Å². The van der Waals surface area contributed by atoms with Gasteiger partial charge in [0.2, 0.25) is 11.8 Å². The number of nitrogens with one attached hydrogen (secondary N) is 2. The molecule has 1 atom stereocenters. The van der Waals surface area contributed by atoms with Gasteiger partial charge in [0.15, 0.2) is 0 Å². The molecule has 1 fully saturated rings. The summed E-state index contributed by atoms with van der Waals surface area (Å²) in [6.07, 6.45) is 4.19. The standard InChI is InChI=1S/C21H25N3O4/c1-14(17-4-3-5-19(12-17)23-15(2)25)22-20(26)16-6-9-24(10-7-16)21(27)18-8-11-28-13-18/h3-5,8,11-14,16H,6-7,9-10H2,1-2H3,(H,22,26)(H,23,25). The van der Waals surface area contributed by atoms with E-state index in [9.17, 15) is 14.4 Å². The van der Waals surface area contributed by atoms with Crippen LogP contribution >= 0.6 is 0 Å². The first-order chi connectivity index (χ1) is 13.4. The Bertz CT molecular complexity index is 839. The van der Waals surface area contributed by atoms with Gasteiger partial charge in [0.25, 0.3) is 5.91 Å². The predicted octanol–water partition coefficient (Wildman–Crippen LogP) is 2.97. The van der Waals surface area contributed by atoms with Crippen molar-refractivity contribution in [3.8, 4) is 0 Å². The van der Waals surface area contributed by atoms with Crippen molar-refractivity contribution in [2.75, 3.05) is 18.4 Å². The van der Waals surface area contributed by atoms with Gasteiger partial charge < -0.3 is 20.0 Å². The van der Waals surface area contributed by atoms with Crippen molar-refractivity contribution in [2.45, 2.75) is 32.7 Å². The lowest BCUT2D eigenvalue weighted by Gasteiger charge is -2.31. The molecule has 28 heavy (non-hydrogen) atoms. The molecule has 2 N–H and O–H groups in total. The molecule has 0 aliphatic carbocycles. The Morgan fingerprint density at radius 1 is 1.18 bits per heavy atom. The zero-order valence-corrected chi connectivity index (χ0v) is 16.1. The van der Waals surface area contributed by atoms with E-state index in [0.29, 0.717) is 37.2 Å². The highest BCUT2D eigenvalue weighted by atomic mass is 16.3. The third-order valence-electron chi connectivity index (χ3n) is 4.99. The van der Waals surface area contributed by atoms with E-state index in [-0.39, 0.29) is 29.7 Å². The molecule has 1 aromatic carbocycles. The van der Waals surface area contributed by atoms with Crippen molar-refractivity contribution < 1.29 is 18.8 Å². The molecule has 1 aliphatic rings. The number of benzene rings is 1. The van der Waals surface area contributed by atoms with Crippen molar-refractivity contribution in [3.63, 3.8) is 0 Å². The summed E-state index contributed by atoms with van der Waals surface area (Å²) >= 11 is 0. The van der Waals surface area contributed by atoms with Gasteiger partial charge in [-0.25, -0.2) is 0 Å². The summed E-state index contributed by atoms with van der Waals surface area (Å²) in [5.41, 5.74) is 2.17. The SMILES string of the molecule is CC(=O)Nc1cccc(C(C)NC(=O)C2CCN(C(=O)c3ccoc3)CC2)c1. The van der Waals surface area contributed by atoms with Gasteiger partial charge in [-0.05, 0) is 43.5 Å². The molecule has 7 heteroatoms. The van der Waals surface area contributed by atoms with Crippen molar-refractivity contribution in [1.29, 1.82) is 0 Å².